The zero-order valence-corrected chi connectivity index (χ0v) is 6.86. The summed E-state index contributed by atoms with van der Waals surface area (Å²) in [5.74, 6) is 0. The Hall–Kier alpha value is -2.08. The van der Waals surface area contributed by atoms with Gasteiger partial charge in [-0.25, -0.2) is 4.99 Å². The zero-order valence-electron chi connectivity index (χ0n) is 6.86. The molecular formula is C10H7N3. The van der Waals surface area contributed by atoms with Crippen LogP contribution in [0.2, 0.25) is 0 Å². The first-order valence-corrected chi connectivity index (χ1v) is 3.90. The number of benzene rings is 1. The van der Waals surface area contributed by atoms with Crippen molar-refractivity contribution >= 4 is 11.9 Å². The summed E-state index contributed by atoms with van der Waals surface area (Å²) in [4.78, 5) is 4.00. The van der Waals surface area contributed by atoms with Crippen molar-refractivity contribution in [2.45, 2.75) is 0 Å². The number of rotatable bonds is 0. The van der Waals surface area contributed by atoms with E-state index in [0.29, 0.717) is 5.70 Å². The van der Waals surface area contributed by atoms with Crippen LogP contribution in [0, 0.1) is 11.3 Å². The lowest BCUT2D eigenvalue weighted by Crippen LogP contribution is -1.90. The van der Waals surface area contributed by atoms with Gasteiger partial charge in [-0.3, -0.25) is 0 Å². The molecule has 2 rings (SSSR count). The zero-order chi connectivity index (χ0) is 9.10. The average molecular weight is 169 g/mol. The minimum absolute atomic E-state index is 0.385. The first-order chi connectivity index (χ1) is 6.40. The molecule has 0 aliphatic carbocycles. The molecule has 13 heavy (non-hydrogen) atoms. The van der Waals surface area contributed by atoms with E-state index in [-0.39, 0.29) is 0 Å². The molecule has 1 aliphatic rings. The molecule has 1 aromatic rings. The number of aliphatic imine (C=N–C) groups is 1. The molecule has 0 spiro atoms. The molecule has 62 valence electrons. The van der Waals surface area contributed by atoms with Crippen LogP contribution in [0.15, 0.2) is 41.2 Å². The first kappa shape index (κ1) is 7.56. The summed E-state index contributed by atoms with van der Waals surface area (Å²) in [6.45, 7) is 0. The summed E-state index contributed by atoms with van der Waals surface area (Å²) in [6, 6.07) is 9.74. The number of hydrogen-bond acceptors (Lipinski definition) is 3. The van der Waals surface area contributed by atoms with Crippen LogP contribution in [-0.2, 0) is 0 Å². The Kier molecular flexibility index (Phi) is 1.81. The van der Waals surface area contributed by atoms with Crippen molar-refractivity contribution in [1.82, 2.24) is 0 Å². The number of allylic oxidation sites excluding steroid dienone is 1. The van der Waals surface area contributed by atoms with Gasteiger partial charge in [0, 0.05) is 23.7 Å². The third-order valence-electron chi connectivity index (χ3n) is 1.78. The fraction of sp³-hybridized carbons (Fsp3) is 0. The summed E-state index contributed by atoms with van der Waals surface area (Å²) < 4.78 is 0. The number of para-hydroxylation sites is 1. The van der Waals surface area contributed by atoms with Crippen LogP contribution in [0.5, 0.6) is 0 Å². The molecule has 0 aromatic heterocycles. The Morgan fingerprint density at radius 3 is 3.00 bits per heavy atom. The third-order valence-corrected chi connectivity index (χ3v) is 1.78. The maximum atomic E-state index is 8.62. The van der Waals surface area contributed by atoms with Crippen LogP contribution in [0.1, 0.15) is 5.56 Å². The molecule has 3 nitrogen and oxygen atoms in total. The van der Waals surface area contributed by atoms with Crippen molar-refractivity contribution in [2.24, 2.45) is 4.99 Å². The largest absolute Gasteiger partial charge is 0.359 e. The summed E-state index contributed by atoms with van der Waals surface area (Å²) in [5.41, 5.74) is 2.34. The van der Waals surface area contributed by atoms with Gasteiger partial charge in [-0.05, 0) is 6.07 Å². The summed E-state index contributed by atoms with van der Waals surface area (Å²) in [7, 11) is 0. The minimum atomic E-state index is 0.385. The second kappa shape index (κ2) is 3.11. The smallest absolute Gasteiger partial charge is 0.156 e. The van der Waals surface area contributed by atoms with Crippen LogP contribution in [0.4, 0.5) is 5.69 Å². The van der Waals surface area contributed by atoms with Crippen molar-refractivity contribution in [3.8, 4) is 6.07 Å². The van der Waals surface area contributed by atoms with Gasteiger partial charge in [-0.15, -0.1) is 0 Å². The third kappa shape index (κ3) is 1.42. The van der Waals surface area contributed by atoms with Gasteiger partial charge in [0.05, 0.1) is 0 Å². The Morgan fingerprint density at radius 2 is 2.15 bits per heavy atom. The van der Waals surface area contributed by atoms with Gasteiger partial charge >= 0.3 is 0 Å². The predicted molar refractivity (Wildman–Crippen MR) is 51.4 cm³/mol. The Labute approximate surface area is 76.0 Å². The Morgan fingerprint density at radius 1 is 1.31 bits per heavy atom. The van der Waals surface area contributed by atoms with Crippen molar-refractivity contribution in [3.05, 3.63) is 41.7 Å². The van der Waals surface area contributed by atoms with E-state index in [0.717, 1.165) is 11.3 Å². The van der Waals surface area contributed by atoms with Gasteiger partial charge in [0.1, 0.15) is 6.07 Å². The summed E-state index contributed by atoms with van der Waals surface area (Å²) in [5, 5.41) is 11.6. The standard InChI is InChI=1S/C10H7N3/c11-5-9-7-13-10-4-2-1-3-8(10)6-12-9/h1-4,6-7,13H. The van der Waals surface area contributed by atoms with E-state index in [9.17, 15) is 0 Å². The van der Waals surface area contributed by atoms with Crippen LogP contribution < -0.4 is 5.32 Å². The van der Waals surface area contributed by atoms with Crippen LogP contribution in [-0.4, -0.2) is 6.21 Å². The fourth-order valence-corrected chi connectivity index (χ4v) is 1.12. The molecule has 0 atom stereocenters. The van der Waals surface area contributed by atoms with Gasteiger partial charge in [0.25, 0.3) is 0 Å². The first-order valence-electron chi connectivity index (χ1n) is 3.90. The maximum Gasteiger partial charge on any atom is 0.156 e. The SMILES string of the molecule is N#CC1=CNc2ccccc2C=N1. The molecular weight excluding hydrogens is 162 g/mol. The second-order valence-corrected chi connectivity index (χ2v) is 2.63. The molecule has 0 amide bonds. The van der Waals surface area contributed by atoms with E-state index in [1.165, 1.54) is 0 Å². The van der Waals surface area contributed by atoms with Crippen molar-refractivity contribution in [3.63, 3.8) is 0 Å². The molecule has 1 heterocycles. The highest BCUT2D eigenvalue weighted by molar-refractivity contribution is 5.89. The molecule has 0 saturated carbocycles. The van der Waals surface area contributed by atoms with Gasteiger partial charge in [-0.1, -0.05) is 18.2 Å². The van der Waals surface area contributed by atoms with Crippen molar-refractivity contribution in [2.75, 3.05) is 5.32 Å². The van der Waals surface area contributed by atoms with Gasteiger partial charge < -0.3 is 5.32 Å². The highest BCUT2D eigenvalue weighted by Crippen LogP contribution is 2.16. The molecule has 3 heteroatoms. The van der Waals surface area contributed by atoms with Crippen LogP contribution in [0.25, 0.3) is 0 Å². The number of nitriles is 1. The van der Waals surface area contributed by atoms with Gasteiger partial charge in [-0.2, -0.15) is 5.26 Å². The number of fused-ring (bicyclic) bond motifs is 1. The van der Waals surface area contributed by atoms with Crippen LogP contribution in [0.3, 0.4) is 0 Å². The number of anilines is 1. The lowest BCUT2D eigenvalue weighted by atomic mass is 10.2. The lowest BCUT2D eigenvalue weighted by molar-refractivity contribution is 1.38. The quantitative estimate of drug-likeness (QED) is 0.644. The van der Waals surface area contributed by atoms with E-state index in [1.807, 2.05) is 30.3 Å². The van der Waals surface area contributed by atoms with Gasteiger partial charge in [0.15, 0.2) is 5.70 Å². The van der Waals surface area contributed by atoms with E-state index >= 15 is 0 Å². The Balaban J connectivity index is 2.46. The van der Waals surface area contributed by atoms with E-state index < -0.39 is 0 Å². The molecule has 0 bridgehead atoms. The second-order valence-electron chi connectivity index (χ2n) is 2.63. The van der Waals surface area contributed by atoms with E-state index in [1.54, 1.807) is 12.4 Å². The molecule has 1 N–H and O–H groups in total. The lowest BCUT2D eigenvalue weighted by Gasteiger charge is -2.01. The van der Waals surface area contributed by atoms with Crippen molar-refractivity contribution in [1.29, 1.82) is 5.26 Å². The maximum absolute atomic E-state index is 8.62. The molecule has 0 fully saturated rings. The van der Waals surface area contributed by atoms with Crippen molar-refractivity contribution < 1.29 is 0 Å². The molecule has 1 aromatic carbocycles. The highest BCUT2D eigenvalue weighted by Gasteiger charge is 2.01. The van der Waals surface area contributed by atoms with E-state index in [2.05, 4.69) is 10.3 Å². The minimum Gasteiger partial charge on any atom is -0.359 e. The molecule has 0 unspecified atom stereocenters. The van der Waals surface area contributed by atoms with Crippen LogP contribution >= 0.6 is 0 Å². The topological polar surface area (TPSA) is 48.2 Å². The van der Waals surface area contributed by atoms with Gasteiger partial charge in [0.2, 0.25) is 0 Å². The fourth-order valence-electron chi connectivity index (χ4n) is 1.12. The predicted octanol–water partition coefficient (Wildman–Crippen LogP) is 1.90. The number of nitrogens with zero attached hydrogens (tertiary/aromatic N) is 2. The number of nitrogens with one attached hydrogen (secondary N) is 1. The molecule has 0 saturated heterocycles. The summed E-state index contributed by atoms with van der Waals surface area (Å²) in [6.07, 6.45) is 3.28. The normalized spacial score (nSPS) is 13.3. The van der Waals surface area contributed by atoms with E-state index in [4.69, 9.17) is 5.26 Å². The Bertz CT molecular complexity index is 424. The highest BCUT2D eigenvalue weighted by atomic mass is 14.9. The molecule has 1 aliphatic heterocycles. The monoisotopic (exact) mass is 169 g/mol. The average Bonchev–Trinajstić information content (AvgIpc) is 2.39. The molecule has 0 radical (unpaired) electrons. The number of hydrogen-bond donors (Lipinski definition) is 1. The summed E-state index contributed by atoms with van der Waals surface area (Å²) >= 11 is 0.